The summed E-state index contributed by atoms with van der Waals surface area (Å²) >= 11 is 0. The molecule has 29 heavy (non-hydrogen) atoms. The molecule has 3 amide bonds. The van der Waals surface area contributed by atoms with Gasteiger partial charge in [-0.15, -0.1) is 0 Å². The quantitative estimate of drug-likeness (QED) is 0.470. The van der Waals surface area contributed by atoms with Crippen LogP contribution in [0.15, 0.2) is 53.6 Å². The van der Waals surface area contributed by atoms with Crippen molar-refractivity contribution in [1.82, 2.24) is 5.43 Å². The summed E-state index contributed by atoms with van der Waals surface area (Å²) in [5, 5.41) is 9.34. The average Bonchev–Trinajstić information content (AvgIpc) is 2.68. The normalized spacial score (nSPS) is 10.8. The lowest BCUT2D eigenvalue weighted by Gasteiger charge is -2.07. The van der Waals surface area contributed by atoms with Crippen LogP contribution >= 0.6 is 0 Å². The van der Waals surface area contributed by atoms with Gasteiger partial charge in [0.1, 0.15) is 5.75 Å². The van der Waals surface area contributed by atoms with Crippen molar-refractivity contribution < 1.29 is 19.1 Å². The first kappa shape index (κ1) is 21.6. The van der Waals surface area contributed by atoms with Gasteiger partial charge in [-0.25, -0.2) is 5.43 Å². The van der Waals surface area contributed by atoms with Crippen molar-refractivity contribution in [2.45, 2.75) is 27.2 Å². The van der Waals surface area contributed by atoms with Crippen molar-refractivity contribution in [2.75, 3.05) is 17.2 Å². The summed E-state index contributed by atoms with van der Waals surface area (Å²) in [6, 6.07) is 13.4. The van der Waals surface area contributed by atoms with Gasteiger partial charge < -0.3 is 15.4 Å². The lowest BCUT2D eigenvalue weighted by atomic mass is 10.2. The van der Waals surface area contributed by atoms with Gasteiger partial charge in [0, 0.05) is 29.6 Å². The topological polar surface area (TPSA) is 109 Å². The van der Waals surface area contributed by atoms with E-state index in [4.69, 9.17) is 4.74 Å². The van der Waals surface area contributed by atoms with Gasteiger partial charge in [-0.3, -0.25) is 14.4 Å². The number of rotatable bonds is 8. The molecule has 0 aliphatic rings. The Labute approximate surface area is 169 Å². The summed E-state index contributed by atoms with van der Waals surface area (Å²) in [6.07, 6.45) is 0.0367. The molecule has 0 unspecified atom stereocenters. The van der Waals surface area contributed by atoms with E-state index in [9.17, 15) is 14.4 Å². The number of amides is 3. The van der Waals surface area contributed by atoms with E-state index in [1.165, 1.54) is 6.92 Å². The summed E-state index contributed by atoms with van der Waals surface area (Å²) in [7, 11) is 0. The first-order valence-electron chi connectivity index (χ1n) is 9.11. The minimum absolute atomic E-state index is 0.0367. The van der Waals surface area contributed by atoms with Crippen molar-refractivity contribution in [3.05, 3.63) is 54.1 Å². The van der Waals surface area contributed by atoms with Crippen LogP contribution in [-0.4, -0.2) is 30.0 Å². The zero-order chi connectivity index (χ0) is 21.2. The number of ether oxygens (including phenoxy) is 1. The molecular weight excluding hydrogens is 372 g/mol. The molecule has 3 N–H and O–H groups in total. The van der Waals surface area contributed by atoms with Crippen LogP contribution in [0.25, 0.3) is 0 Å². The summed E-state index contributed by atoms with van der Waals surface area (Å²) in [5.74, 6) is -0.114. The first-order chi connectivity index (χ1) is 13.9. The predicted octanol–water partition coefficient (Wildman–Crippen LogP) is 3.18. The van der Waals surface area contributed by atoms with Crippen LogP contribution in [0.1, 0.15) is 37.6 Å². The van der Waals surface area contributed by atoms with E-state index in [2.05, 4.69) is 21.2 Å². The second-order valence-corrected chi connectivity index (χ2v) is 6.23. The van der Waals surface area contributed by atoms with Gasteiger partial charge in [0.2, 0.25) is 11.8 Å². The van der Waals surface area contributed by atoms with Crippen LogP contribution in [0.4, 0.5) is 11.4 Å². The maximum Gasteiger partial charge on any atom is 0.271 e. The molecule has 8 heteroatoms. The highest BCUT2D eigenvalue weighted by Gasteiger charge is 2.08. The average molecular weight is 396 g/mol. The van der Waals surface area contributed by atoms with Crippen molar-refractivity contribution in [3.63, 3.8) is 0 Å². The van der Waals surface area contributed by atoms with Crippen LogP contribution in [0.3, 0.4) is 0 Å². The highest BCUT2D eigenvalue weighted by atomic mass is 16.5. The van der Waals surface area contributed by atoms with Gasteiger partial charge in [-0.1, -0.05) is 0 Å². The van der Waals surface area contributed by atoms with E-state index in [1.54, 1.807) is 55.5 Å². The smallest absolute Gasteiger partial charge is 0.271 e. The highest BCUT2D eigenvalue weighted by molar-refractivity contribution is 6.06. The lowest BCUT2D eigenvalue weighted by molar-refractivity contribution is -0.115. The Bertz CT molecular complexity index is 890. The van der Waals surface area contributed by atoms with Crippen LogP contribution < -0.4 is 20.8 Å². The van der Waals surface area contributed by atoms with Gasteiger partial charge in [0.15, 0.2) is 0 Å². The van der Waals surface area contributed by atoms with Crippen LogP contribution in [0.2, 0.25) is 0 Å². The van der Waals surface area contributed by atoms with Gasteiger partial charge in [0.25, 0.3) is 5.91 Å². The number of nitrogens with zero attached hydrogens (tertiary/aromatic N) is 1. The van der Waals surface area contributed by atoms with E-state index in [0.29, 0.717) is 29.3 Å². The Kier molecular flexibility index (Phi) is 7.90. The Morgan fingerprint density at radius 3 is 2.07 bits per heavy atom. The fourth-order valence-electron chi connectivity index (χ4n) is 2.40. The molecule has 2 aromatic rings. The summed E-state index contributed by atoms with van der Waals surface area (Å²) in [5.41, 5.74) is 4.50. The van der Waals surface area contributed by atoms with E-state index >= 15 is 0 Å². The zero-order valence-electron chi connectivity index (χ0n) is 16.6. The number of anilines is 2. The van der Waals surface area contributed by atoms with E-state index in [0.717, 1.165) is 5.75 Å². The molecule has 0 atom stereocenters. The molecule has 0 aliphatic heterocycles. The van der Waals surface area contributed by atoms with Gasteiger partial charge >= 0.3 is 0 Å². The summed E-state index contributed by atoms with van der Waals surface area (Å²) < 4.78 is 5.35. The molecule has 0 aromatic heterocycles. The van der Waals surface area contributed by atoms with E-state index < -0.39 is 5.91 Å². The van der Waals surface area contributed by atoms with Gasteiger partial charge in [0.05, 0.1) is 13.0 Å². The third-order valence-corrected chi connectivity index (χ3v) is 3.68. The van der Waals surface area contributed by atoms with Crippen LogP contribution in [0.5, 0.6) is 5.75 Å². The first-order valence-corrected chi connectivity index (χ1v) is 9.11. The molecule has 152 valence electrons. The maximum absolute atomic E-state index is 12.1. The molecule has 0 saturated carbocycles. The van der Waals surface area contributed by atoms with Crippen LogP contribution in [0, 0.1) is 0 Å². The van der Waals surface area contributed by atoms with Crippen molar-refractivity contribution >= 4 is 34.8 Å². The molecule has 0 heterocycles. The van der Waals surface area contributed by atoms with Crippen molar-refractivity contribution in [1.29, 1.82) is 0 Å². The fraction of sp³-hybridized carbons (Fsp3) is 0.238. The number of carbonyl (C=O) groups excluding carboxylic acids is 3. The Balaban J connectivity index is 1.84. The molecule has 0 bridgehead atoms. The number of hydrogen-bond donors (Lipinski definition) is 3. The summed E-state index contributed by atoms with van der Waals surface area (Å²) in [6.45, 7) is 5.53. The predicted molar refractivity (Wildman–Crippen MR) is 112 cm³/mol. The van der Waals surface area contributed by atoms with Gasteiger partial charge in [-0.05, 0) is 62.4 Å². The molecule has 0 saturated heterocycles. The largest absolute Gasteiger partial charge is 0.494 e. The molecule has 0 spiro atoms. The van der Waals surface area contributed by atoms with E-state index in [-0.39, 0.29) is 18.2 Å². The second kappa shape index (κ2) is 10.6. The number of nitrogens with one attached hydrogen (secondary N) is 3. The Hall–Kier alpha value is -3.68. The Morgan fingerprint density at radius 2 is 1.48 bits per heavy atom. The van der Waals surface area contributed by atoms with E-state index in [1.807, 2.05) is 6.92 Å². The standard InChI is InChI=1S/C21H24N4O4/c1-4-29-19-11-9-18(10-12-19)23-20(27)13-14(2)24-25-21(28)16-5-7-17(8-6-16)22-15(3)26/h5-12H,4,13H2,1-3H3,(H,22,26)(H,23,27)(H,25,28)/b24-14+. The molecule has 2 aromatic carbocycles. The fourth-order valence-corrected chi connectivity index (χ4v) is 2.40. The Morgan fingerprint density at radius 1 is 0.897 bits per heavy atom. The molecule has 0 aliphatic carbocycles. The van der Waals surface area contributed by atoms with Crippen LogP contribution in [-0.2, 0) is 9.59 Å². The SMILES string of the molecule is CCOc1ccc(NC(=O)C/C(C)=N/NC(=O)c2ccc(NC(C)=O)cc2)cc1. The summed E-state index contributed by atoms with van der Waals surface area (Å²) in [4.78, 5) is 35.2. The minimum Gasteiger partial charge on any atom is -0.494 e. The monoisotopic (exact) mass is 396 g/mol. The van der Waals surface area contributed by atoms with Crippen molar-refractivity contribution in [3.8, 4) is 5.75 Å². The molecule has 2 rings (SSSR count). The number of hydrazone groups is 1. The second-order valence-electron chi connectivity index (χ2n) is 6.23. The number of carbonyl (C=O) groups is 3. The van der Waals surface area contributed by atoms with Crippen molar-refractivity contribution in [2.24, 2.45) is 5.10 Å². The lowest BCUT2D eigenvalue weighted by Crippen LogP contribution is -2.21. The maximum atomic E-state index is 12.1. The minimum atomic E-state index is -0.411. The number of hydrogen-bond acceptors (Lipinski definition) is 5. The number of benzene rings is 2. The molecule has 0 fully saturated rings. The molecule has 0 radical (unpaired) electrons. The molecule has 8 nitrogen and oxygen atoms in total. The molecular formula is C21H24N4O4. The zero-order valence-corrected chi connectivity index (χ0v) is 16.6. The highest BCUT2D eigenvalue weighted by Crippen LogP contribution is 2.15. The van der Waals surface area contributed by atoms with Gasteiger partial charge in [-0.2, -0.15) is 5.10 Å². The third kappa shape index (κ3) is 7.45. The third-order valence-electron chi connectivity index (χ3n) is 3.68.